The molecule has 86 valence electrons. The lowest BCUT2D eigenvalue weighted by molar-refractivity contribution is -0.384. The van der Waals surface area contributed by atoms with Crippen molar-refractivity contribution in [2.75, 3.05) is 0 Å². The first-order chi connectivity index (χ1) is 8.08. The first-order valence-corrected chi connectivity index (χ1v) is 5.09. The van der Waals surface area contributed by atoms with Crippen molar-refractivity contribution < 1.29 is 9.31 Å². The summed E-state index contributed by atoms with van der Waals surface area (Å²) in [6.07, 6.45) is 0. The molecule has 3 nitrogen and oxygen atoms in total. The number of non-ortho nitro benzene ring substituents is 1. The molecule has 0 unspecified atom stereocenters. The van der Waals surface area contributed by atoms with Crippen molar-refractivity contribution in [3.63, 3.8) is 0 Å². The average molecular weight is 231 g/mol. The summed E-state index contributed by atoms with van der Waals surface area (Å²) in [7, 11) is 0. The van der Waals surface area contributed by atoms with E-state index < -0.39 is 4.92 Å². The Bertz CT molecular complexity index is 581. The Morgan fingerprint density at radius 2 is 1.88 bits per heavy atom. The van der Waals surface area contributed by atoms with E-state index in [1.807, 2.05) is 0 Å². The van der Waals surface area contributed by atoms with Gasteiger partial charge in [0.1, 0.15) is 5.82 Å². The van der Waals surface area contributed by atoms with E-state index >= 15 is 0 Å². The van der Waals surface area contributed by atoms with Crippen LogP contribution in [0.5, 0.6) is 0 Å². The standard InChI is InChI=1S/C13H10FNO2/c1-9-6-10(8-11(7-9)15(16)17)12-4-2-3-5-13(12)14/h2-8H,1H3. The summed E-state index contributed by atoms with van der Waals surface area (Å²) in [6, 6.07) is 10.8. The van der Waals surface area contributed by atoms with Crippen LogP contribution in [0, 0.1) is 22.9 Å². The van der Waals surface area contributed by atoms with Crippen molar-refractivity contribution in [2.45, 2.75) is 6.92 Å². The minimum Gasteiger partial charge on any atom is -0.258 e. The van der Waals surface area contributed by atoms with Gasteiger partial charge in [0.2, 0.25) is 0 Å². The van der Waals surface area contributed by atoms with Crippen molar-refractivity contribution in [3.8, 4) is 11.1 Å². The van der Waals surface area contributed by atoms with Gasteiger partial charge in [-0.1, -0.05) is 24.3 Å². The van der Waals surface area contributed by atoms with Gasteiger partial charge < -0.3 is 0 Å². The number of benzene rings is 2. The number of nitro groups is 1. The Hall–Kier alpha value is -2.23. The molecule has 0 aliphatic carbocycles. The molecule has 0 heterocycles. The molecule has 0 bridgehead atoms. The van der Waals surface area contributed by atoms with E-state index in [-0.39, 0.29) is 11.5 Å². The molecule has 0 aliphatic rings. The van der Waals surface area contributed by atoms with Gasteiger partial charge in [0.15, 0.2) is 0 Å². The molecule has 0 aromatic heterocycles. The fourth-order valence-electron chi connectivity index (χ4n) is 1.72. The van der Waals surface area contributed by atoms with E-state index in [4.69, 9.17) is 0 Å². The van der Waals surface area contributed by atoms with Crippen molar-refractivity contribution in [1.29, 1.82) is 0 Å². The molecule has 0 atom stereocenters. The Kier molecular flexibility index (Phi) is 2.87. The second kappa shape index (κ2) is 4.33. The molecule has 2 rings (SSSR count). The van der Waals surface area contributed by atoms with E-state index in [0.717, 1.165) is 5.56 Å². The minimum atomic E-state index is -0.475. The Morgan fingerprint density at radius 3 is 2.53 bits per heavy atom. The number of hydrogen-bond donors (Lipinski definition) is 0. The molecule has 0 saturated carbocycles. The molecule has 17 heavy (non-hydrogen) atoms. The monoisotopic (exact) mass is 231 g/mol. The van der Waals surface area contributed by atoms with Gasteiger partial charge >= 0.3 is 0 Å². The van der Waals surface area contributed by atoms with Crippen molar-refractivity contribution in [3.05, 3.63) is 64.0 Å². The van der Waals surface area contributed by atoms with E-state index in [1.165, 1.54) is 18.2 Å². The highest BCUT2D eigenvalue weighted by Gasteiger charge is 2.11. The molecule has 0 fully saturated rings. The summed E-state index contributed by atoms with van der Waals surface area (Å²) in [5, 5.41) is 10.7. The summed E-state index contributed by atoms with van der Waals surface area (Å²) in [4.78, 5) is 10.3. The second-order valence-electron chi connectivity index (χ2n) is 3.79. The van der Waals surface area contributed by atoms with Crippen LogP contribution in [0.3, 0.4) is 0 Å². The molecule has 4 heteroatoms. The average Bonchev–Trinajstić information content (AvgIpc) is 2.28. The SMILES string of the molecule is Cc1cc(-c2ccccc2F)cc([N+](=O)[O-])c1. The third-order valence-corrected chi connectivity index (χ3v) is 2.46. The van der Waals surface area contributed by atoms with Crippen LogP contribution < -0.4 is 0 Å². The maximum absolute atomic E-state index is 13.6. The fraction of sp³-hybridized carbons (Fsp3) is 0.0769. The predicted octanol–water partition coefficient (Wildman–Crippen LogP) is 3.71. The predicted molar refractivity (Wildman–Crippen MR) is 63.2 cm³/mol. The zero-order valence-electron chi connectivity index (χ0n) is 9.18. The first kappa shape index (κ1) is 11.3. The van der Waals surface area contributed by atoms with Gasteiger partial charge in [0.25, 0.3) is 5.69 Å². The summed E-state index contributed by atoms with van der Waals surface area (Å²) in [5.41, 5.74) is 1.61. The molecule has 2 aromatic carbocycles. The summed E-state index contributed by atoms with van der Waals surface area (Å²) >= 11 is 0. The van der Waals surface area contributed by atoms with Gasteiger partial charge in [-0.25, -0.2) is 4.39 Å². The number of aryl methyl sites for hydroxylation is 1. The number of nitrogens with zero attached hydrogens (tertiary/aromatic N) is 1. The molecule has 0 amide bonds. The first-order valence-electron chi connectivity index (χ1n) is 5.09. The van der Waals surface area contributed by atoms with Crippen LogP contribution in [-0.4, -0.2) is 4.92 Å². The van der Waals surface area contributed by atoms with Crippen molar-refractivity contribution in [1.82, 2.24) is 0 Å². The van der Waals surface area contributed by atoms with Crippen LogP contribution in [0.25, 0.3) is 11.1 Å². The number of nitro benzene ring substituents is 1. The highest BCUT2D eigenvalue weighted by molar-refractivity contribution is 5.67. The fourth-order valence-corrected chi connectivity index (χ4v) is 1.72. The maximum Gasteiger partial charge on any atom is 0.270 e. The Balaban J connectivity index is 2.60. The highest BCUT2D eigenvalue weighted by Crippen LogP contribution is 2.27. The van der Waals surface area contributed by atoms with Gasteiger partial charge in [-0.05, 0) is 24.1 Å². The van der Waals surface area contributed by atoms with Crippen molar-refractivity contribution >= 4 is 5.69 Å². The zero-order chi connectivity index (χ0) is 12.4. The Morgan fingerprint density at radius 1 is 1.18 bits per heavy atom. The van der Waals surface area contributed by atoms with Gasteiger partial charge in [-0.3, -0.25) is 10.1 Å². The third-order valence-electron chi connectivity index (χ3n) is 2.46. The molecule has 0 saturated heterocycles. The van der Waals surface area contributed by atoms with Crippen LogP contribution in [0.15, 0.2) is 42.5 Å². The molecular formula is C13H10FNO2. The summed E-state index contributed by atoms with van der Waals surface area (Å²) < 4.78 is 13.6. The molecule has 0 spiro atoms. The van der Waals surface area contributed by atoms with Crippen molar-refractivity contribution in [2.24, 2.45) is 0 Å². The summed E-state index contributed by atoms with van der Waals surface area (Å²) in [5.74, 6) is -0.382. The van der Waals surface area contributed by atoms with Crippen LogP contribution in [0.1, 0.15) is 5.56 Å². The Labute approximate surface area is 97.7 Å². The lowest BCUT2D eigenvalue weighted by Gasteiger charge is -2.04. The number of hydrogen-bond acceptors (Lipinski definition) is 2. The van der Waals surface area contributed by atoms with Crippen LogP contribution in [0.2, 0.25) is 0 Å². The van der Waals surface area contributed by atoms with Crippen LogP contribution >= 0.6 is 0 Å². The largest absolute Gasteiger partial charge is 0.270 e. The van der Waals surface area contributed by atoms with Gasteiger partial charge in [0.05, 0.1) is 4.92 Å². The van der Waals surface area contributed by atoms with E-state index in [1.54, 1.807) is 31.2 Å². The normalized spacial score (nSPS) is 10.2. The smallest absolute Gasteiger partial charge is 0.258 e. The minimum absolute atomic E-state index is 0.0248. The molecule has 0 N–H and O–H groups in total. The molecule has 2 aromatic rings. The topological polar surface area (TPSA) is 43.1 Å². The highest BCUT2D eigenvalue weighted by atomic mass is 19.1. The molecule has 0 radical (unpaired) electrons. The number of halogens is 1. The molecule has 0 aliphatic heterocycles. The summed E-state index contributed by atoms with van der Waals surface area (Å²) in [6.45, 7) is 1.75. The third kappa shape index (κ3) is 2.30. The zero-order valence-corrected chi connectivity index (χ0v) is 9.18. The lowest BCUT2D eigenvalue weighted by Crippen LogP contribution is -1.91. The van der Waals surface area contributed by atoms with E-state index in [9.17, 15) is 14.5 Å². The van der Waals surface area contributed by atoms with E-state index in [2.05, 4.69) is 0 Å². The van der Waals surface area contributed by atoms with Crippen LogP contribution in [0.4, 0.5) is 10.1 Å². The van der Waals surface area contributed by atoms with Gasteiger partial charge in [-0.2, -0.15) is 0 Å². The van der Waals surface area contributed by atoms with Crippen LogP contribution in [-0.2, 0) is 0 Å². The quantitative estimate of drug-likeness (QED) is 0.584. The molecular weight excluding hydrogens is 221 g/mol. The maximum atomic E-state index is 13.6. The lowest BCUT2D eigenvalue weighted by atomic mass is 10.0. The van der Waals surface area contributed by atoms with Gasteiger partial charge in [-0.15, -0.1) is 0 Å². The second-order valence-corrected chi connectivity index (χ2v) is 3.79. The van der Waals surface area contributed by atoms with Gasteiger partial charge in [0, 0.05) is 17.7 Å². The van der Waals surface area contributed by atoms with E-state index in [0.29, 0.717) is 11.1 Å². The number of rotatable bonds is 2.